The topological polar surface area (TPSA) is 101 Å². The molecule has 8 heteroatoms. The number of aliphatic hydroxyl groups is 1. The van der Waals surface area contributed by atoms with Crippen LogP contribution in [0.3, 0.4) is 0 Å². The van der Waals surface area contributed by atoms with Crippen LogP contribution in [0, 0.1) is 37.4 Å². The van der Waals surface area contributed by atoms with Crippen LogP contribution in [0.15, 0.2) is 12.1 Å². The summed E-state index contributed by atoms with van der Waals surface area (Å²) < 4.78 is 16.8. The summed E-state index contributed by atoms with van der Waals surface area (Å²) in [5, 5.41) is 10.0. The molecule has 1 aliphatic carbocycles. The van der Waals surface area contributed by atoms with Gasteiger partial charge in [-0.25, -0.2) is 9.37 Å². The lowest BCUT2D eigenvalue weighted by Crippen LogP contribution is -2.35. The Morgan fingerprint density at radius 2 is 2.06 bits per heavy atom. The minimum atomic E-state index is -1.54. The Morgan fingerprint density at radius 3 is 2.66 bits per heavy atom. The van der Waals surface area contributed by atoms with Crippen molar-refractivity contribution in [2.75, 3.05) is 13.6 Å². The molecule has 0 radical (unpaired) electrons. The highest BCUT2D eigenvalue weighted by atomic mass is 19.1. The van der Waals surface area contributed by atoms with Crippen LogP contribution in [-0.2, 0) is 4.79 Å². The van der Waals surface area contributed by atoms with E-state index < -0.39 is 23.7 Å². The molecular formula is C24H25FN4O3. The van der Waals surface area contributed by atoms with E-state index in [0.29, 0.717) is 23.6 Å². The Kier molecular flexibility index (Phi) is 6.38. The second kappa shape index (κ2) is 8.86. The summed E-state index contributed by atoms with van der Waals surface area (Å²) in [6.07, 6.45) is 8.15. The summed E-state index contributed by atoms with van der Waals surface area (Å²) >= 11 is 0. The number of nitrogens with zero attached hydrogens (tertiary/aromatic N) is 3. The van der Waals surface area contributed by atoms with E-state index in [4.69, 9.17) is 5.73 Å². The van der Waals surface area contributed by atoms with Crippen molar-refractivity contribution in [3.63, 3.8) is 0 Å². The fourth-order valence-corrected chi connectivity index (χ4v) is 4.22. The Morgan fingerprint density at radius 1 is 1.41 bits per heavy atom. The number of carbonyl (C=O) groups is 2. The number of halogens is 1. The number of nitrogens with two attached hydrogens (primary N) is 1. The number of terminal acetylenes is 1. The van der Waals surface area contributed by atoms with Gasteiger partial charge >= 0.3 is 0 Å². The van der Waals surface area contributed by atoms with Crippen LogP contribution in [0.1, 0.15) is 59.0 Å². The number of amides is 2. The van der Waals surface area contributed by atoms with Crippen molar-refractivity contribution in [3.05, 3.63) is 40.5 Å². The molecule has 166 valence electrons. The normalized spacial score (nSPS) is 18.2. The van der Waals surface area contributed by atoms with E-state index in [1.165, 1.54) is 11.0 Å². The third kappa shape index (κ3) is 3.74. The standard InChI is InChI=1S/C22H23FN4O3.C2H2/c1-4-26(3)22(30)18(28)6-5-12-9-16-15(10-17(12)23)13-7-14(8-13)27-11(2)19(20(24)29)25-21(16)27;1-2/h9-10,13-14,18,28H,4,7-8H2,1-3H3,(H2,24,29);1-2H/t13?,14?,18-;/m0./s1. The van der Waals surface area contributed by atoms with Crippen molar-refractivity contribution < 1.29 is 19.1 Å². The van der Waals surface area contributed by atoms with Crippen LogP contribution in [0.25, 0.3) is 11.4 Å². The number of aromatic nitrogens is 2. The minimum Gasteiger partial charge on any atom is -0.372 e. The largest absolute Gasteiger partial charge is 0.372 e. The lowest BCUT2D eigenvalue weighted by molar-refractivity contribution is -0.135. The maximum absolute atomic E-state index is 14.8. The summed E-state index contributed by atoms with van der Waals surface area (Å²) in [4.78, 5) is 29.6. The van der Waals surface area contributed by atoms with Gasteiger partial charge in [-0.05, 0) is 50.3 Å². The quantitative estimate of drug-likeness (QED) is 0.719. The van der Waals surface area contributed by atoms with Crippen molar-refractivity contribution in [2.24, 2.45) is 5.73 Å². The van der Waals surface area contributed by atoms with Gasteiger partial charge in [0.25, 0.3) is 11.8 Å². The smallest absolute Gasteiger partial charge is 0.269 e. The molecule has 0 saturated heterocycles. The first-order chi connectivity index (χ1) is 15.2. The van der Waals surface area contributed by atoms with Gasteiger partial charge in [0.1, 0.15) is 17.3 Å². The highest BCUT2D eigenvalue weighted by Gasteiger charge is 2.40. The number of imidazole rings is 1. The molecule has 1 aromatic carbocycles. The SMILES string of the molecule is C#C.CCN(C)C(=O)[C@@H](O)C#Cc1cc2c(cc1F)C1CC(C1)n1c-2nc(C(N)=O)c1C. The zero-order chi connectivity index (χ0) is 23.7. The molecule has 3 aliphatic rings. The first-order valence-electron chi connectivity index (χ1n) is 10.2. The van der Waals surface area contributed by atoms with E-state index in [-0.39, 0.29) is 23.2 Å². The van der Waals surface area contributed by atoms with Crippen LogP contribution >= 0.6 is 0 Å². The monoisotopic (exact) mass is 436 g/mol. The van der Waals surface area contributed by atoms with E-state index >= 15 is 0 Å². The summed E-state index contributed by atoms with van der Waals surface area (Å²) in [6, 6.07) is 3.23. The van der Waals surface area contributed by atoms with E-state index in [1.54, 1.807) is 20.0 Å². The van der Waals surface area contributed by atoms with Crippen LogP contribution in [0.2, 0.25) is 0 Å². The fraction of sp³-hybridized carbons (Fsp3) is 0.375. The molecule has 5 rings (SSSR count). The molecule has 0 unspecified atom stereocenters. The van der Waals surface area contributed by atoms with Gasteiger partial charge in [0.2, 0.25) is 0 Å². The van der Waals surface area contributed by atoms with Gasteiger partial charge in [0.15, 0.2) is 6.10 Å². The van der Waals surface area contributed by atoms with E-state index in [1.807, 2.05) is 11.5 Å². The highest BCUT2D eigenvalue weighted by Crippen LogP contribution is 2.53. The Hall–Kier alpha value is -3.62. The molecule has 0 spiro atoms. The summed E-state index contributed by atoms with van der Waals surface area (Å²) in [6.45, 7) is 4.02. The highest BCUT2D eigenvalue weighted by molar-refractivity contribution is 5.93. The van der Waals surface area contributed by atoms with Gasteiger partial charge in [-0.2, -0.15) is 0 Å². The minimum absolute atomic E-state index is 0.0617. The van der Waals surface area contributed by atoms with Crippen molar-refractivity contribution >= 4 is 11.8 Å². The molecule has 1 fully saturated rings. The average Bonchev–Trinajstić information content (AvgIpc) is 2.95. The Balaban J connectivity index is 0.00000141. The second-order valence-electron chi connectivity index (χ2n) is 7.87. The zero-order valence-electron chi connectivity index (χ0n) is 18.2. The number of hydrogen-bond acceptors (Lipinski definition) is 4. The summed E-state index contributed by atoms with van der Waals surface area (Å²) in [7, 11) is 1.56. The molecule has 3 N–H and O–H groups in total. The lowest BCUT2D eigenvalue weighted by atomic mass is 9.75. The molecule has 2 amide bonds. The first kappa shape index (κ1) is 23.1. The number of hydrogen-bond donors (Lipinski definition) is 2. The predicted molar refractivity (Wildman–Crippen MR) is 118 cm³/mol. The van der Waals surface area contributed by atoms with Crippen molar-refractivity contribution in [1.29, 1.82) is 0 Å². The van der Waals surface area contributed by atoms with Gasteiger partial charge in [0.05, 0.1) is 5.56 Å². The third-order valence-electron chi connectivity index (χ3n) is 6.11. The van der Waals surface area contributed by atoms with Gasteiger partial charge in [-0.3, -0.25) is 9.59 Å². The third-order valence-corrected chi connectivity index (χ3v) is 6.11. The van der Waals surface area contributed by atoms with E-state index in [9.17, 15) is 19.1 Å². The summed E-state index contributed by atoms with van der Waals surface area (Å²) in [5.74, 6) is 4.15. The second-order valence-corrected chi connectivity index (χ2v) is 7.87. The summed E-state index contributed by atoms with van der Waals surface area (Å²) in [5.41, 5.74) is 7.99. The molecular weight excluding hydrogens is 411 g/mol. The van der Waals surface area contributed by atoms with Crippen LogP contribution < -0.4 is 5.73 Å². The molecule has 2 bridgehead atoms. The van der Waals surface area contributed by atoms with E-state index in [0.717, 1.165) is 18.4 Å². The molecule has 1 saturated carbocycles. The number of likely N-dealkylation sites (N-methyl/N-ethyl adjacent to an activating group) is 1. The van der Waals surface area contributed by atoms with Gasteiger partial charge in [0, 0.05) is 30.9 Å². The molecule has 1 atom stereocenters. The number of aliphatic hydroxyl groups excluding tert-OH is 1. The average molecular weight is 436 g/mol. The maximum atomic E-state index is 14.8. The van der Waals surface area contributed by atoms with Crippen LogP contribution in [0.5, 0.6) is 0 Å². The number of benzene rings is 1. The molecule has 2 aromatic rings. The van der Waals surface area contributed by atoms with Crippen LogP contribution in [-0.4, -0.2) is 51.1 Å². The Labute approximate surface area is 186 Å². The number of primary amides is 1. The molecule has 1 aromatic heterocycles. The van der Waals surface area contributed by atoms with Gasteiger partial charge in [-0.15, -0.1) is 12.8 Å². The zero-order valence-corrected chi connectivity index (χ0v) is 18.2. The number of rotatable bonds is 3. The first-order valence-corrected chi connectivity index (χ1v) is 10.2. The van der Waals surface area contributed by atoms with Crippen molar-refractivity contribution in [2.45, 2.75) is 44.8 Å². The molecule has 7 nitrogen and oxygen atoms in total. The van der Waals surface area contributed by atoms with Gasteiger partial charge in [-0.1, -0.05) is 11.8 Å². The molecule has 32 heavy (non-hydrogen) atoms. The lowest BCUT2D eigenvalue weighted by Gasteiger charge is -2.35. The number of carbonyl (C=O) groups excluding carboxylic acids is 2. The van der Waals surface area contributed by atoms with Crippen LogP contribution in [0.4, 0.5) is 4.39 Å². The van der Waals surface area contributed by atoms with Crippen molar-refractivity contribution in [1.82, 2.24) is 14.5 Å². The maximum Gasteiger partial charge on any atom is 0.269 e. The Bertz CT molecular complexity index is 1170. The van der Waals surface area contributed by atoms with Gasteiger partial charge < -0.3 is 20.3 Å². The van der Waals surface area contributed by atoms with Crippen molar-refractivity contribution in [3.8, 4) is 36.1 Å². The fourth-order valence-electron chi connectivity index (χ4n) is 4.22. The predicted octanol–water partition coefficient (Wildman–Crippen LogP) is 1.97. The molecule has 2 aliphatic heterocycles. The van der Waals surface area contributed by atoms with E-state index in [2.05, 4.69) is 29.7 Å². The molecule has 3 heterocycles.